The molecule has 1 rings (SSSR count). The molecule has 5 heteroatoms. The smallest absolute Gasteiger partial charge is 0.407 e. The quantitative estimate of drug-likeness (QED) is 0.864. The van der Waals surface area contributed by atoms with E-state index in [1.807, 2.05) is 24.3 Å². The lowest BCUT2D eigenvalue weighted by molar-refractivity contribution is 0.0532. The molecule has 0 saturated carbocycles. The summed E-state index contributed by atoms with van der Waals surface area (Å²) in [6.45, 7) is 5.48. The third-order valence-electron chi connectivity index (χ3n) is 2.91. The highest BCUT2D eigenvalue weighted by molar-refractivity contribution is 5.68. The first-order valence-corrected chi connectivity index (χ1v) is 7.22. The van der Waals surface area contributed by atoms with Gasteiger partial charge in [0.25, 0.3) is 0 Å². The summed E-state index contributed by atoms with van der Waals surface area (Å²) in [6, 6.07) is 7.62. The second-order valence-corrected chi connectivity index (χ2v) is 5.97. The molecule has 0 unspecified atom stereocenters. The normalized spacial score (nSPS) is 12.0. The van der Waals surface area contributed by atoms with Crippen molar-refractivity contribution in [3.8, 4) is 5.75 Å². The van der Waals surface area contributed by atoms with Crippen molar-refractivity contribution in [3.05, 3.63) is 41.7 Å². The number of carbonyl (C=O) groups is 1. The van der Waals surface area contributed by atoms with Gasteiger partial charge in [-0.2, -0.15) is 0 Å². The molecule has 0 saturated heterocycles. The fourth-order valence-electron chi connectivity index (χ4n) is 1.78. The fraction of sp³-hybridized carbons (Fsp3) is 0.471. The van der Waals surface area contributed by atoms with Crippen LogP contribution in [0.2, 0.25) is 0 Å². The van der Waals surface area contributed by atoms with Crippen LogP contribution >= 0.6 is 0 Å². The lowest BCUT2D eigenvalue weighted by atomic mass is 10.1. The number of alkyl carbamates (subject to hydrolysis) is 1. The molecule has 0 spiro atoms. The van der Waals surface area contributed by atoms with Gasteiger partial charge in [0.2, 0.25) is 0 Å². The number of ether oxygens (including phenoxy) is 2. The molecule has 0 bridgehead atoms. The molecular formula is C17H24FNO3. The molecule has 0 aliphatic heterocycles. The summed E-state index contributed by atoms with van der Waals surface area (Å²) in [5.41, 5.74) is 1.03. The summed E-state index contributed by atoms with van der Waals surface area (Å²) in [7, 11) is 1.61. The average Bonchev–Trinajstić information content (AvgIpc) is 2.46. The van der Waals surface area contributed by atoms with E-state index >= 15 is 0 Å². The highest BCUT2D eigenvalue weighted by atomic mass is 19.1. The molecule has 0 aromatic heterocycles. The van der Waals surface area contributed by atoms with Crippen molar-refractivity contribution >= 4 is 6.09 Å². The van der Waals surface area contributed by atoms with E-state index in [0.717, 1.165) is 11.3 Å². The third kappa shape index (κ3) is 7.11. The second-order valence-electron chi connectivity index (χ2n) is 5.97. The van der Waals surface area contributed by atoms with Crippen LogP contribution in [0.5, 0.6) is 5.75 Å². The van der Waals surface area contributed by atoms with Gasteiger partial charge >= 0.3 is 6.09 Å². The summed E-state index contributed by atoms with van der Waals surface area (Å²) < 4.78 is 23.1. The maximum Gasteiger partial charge on any atom is 0.407 e. The van der Waals surface area contributed by atoms with Crippen LogP contribution in [0.15, 0.2) is 36.2 Å². The first kappa shape index (κ1) is 18.0. The molecule has 1 aromatic carbocycles. The number of amides is 1. The van der Waals surface area contributed by atoms with Gasteiger partial charge < -0.3 is 14.8 Å². The Hall–Kier alpha value is -2.04. The standard InChI is InChI=1S/C17H24FNO3/c1-17(2,3)22-16(20)19-12-14(11-18)6-5-13-7-9-15(21-4)10-8-13/h7-11H,5-6,12H2,1-4H3,(H,19,20)/b14-11-. The molecule has 0 atom stereocenters. The van der Waals surface area contributed by atoms with Crippen LogP contribution in [-0.4, -0.2) is 25.3 Å². The van der Waals surface area contributed by atoms with Crippen molar-refractivity contribution in [2.45, 2.75) is 39.2 Å². The number of halogens is 1. The maximum absolute atomic E-state index is 12.9. The summed E-state index contributed by atoms with van der Waals surface area (Å²) in [5, 5.41) is 2.56. The average molecular weight is 309 g/mol. The van der Waals surface area contributed by atoms with E-state index in [0.29, 0.717) is 24.7 Å². The van der Waals surface area contributed by atoms with Crippen molar-refractivity contribution in [1.82, 2.24) is 5.32 Å². The molecule has 1 amide bonds. The van der Waals surface area contributed by atoms with E-state index < -0.39 is 11.7 Å². The number of methoxy groups -OCH3 is 1. The first-order chi connectivity index (χ1) is 10.3. The molecular weight excluding hydrogens is 285 g/mol. The zero-order chi connectivity index (χ0) is 16.6. The largest absolute Gasteiger partial charge is 0.497 e. The van der Waals surface area contributed by atoms with Gasteiger partial charge in [-0.15, -0.1) is 0 Å². The van der Waals surface area contributed by atoms with E-state index in [9.17, 15) is 9.18 Å². The molecule has 0 fully saturated rings. The Labute approximate surface area is 131 Å². The molecule has 0 aliphatic rings. The maximum atomic E-state index is 12.9. The lowest BCUT2D eigenvalue weighted by Crippen LogP contribution is -2.33. The number of rotatable bonds is 6. The van der Waals surface area contributed by atoms with Gasteiger partial charge in [0.15, 0.2) is 0 Å². The van der Waals surface area contributed by atoms with Crippen molar-refractivity contribution in [2.24, 2.45) is 0 Å². The van der Waals surface area contributed by atoms with Gasteiger partial charge in [0.1, 0.15) is 11.4 Å². The fourth-order valence-corrected chi connectivity index (χ4v) is 1.78. The SMILES string of the molecule is COc1ccc(CC/C(=C/F)CNC(=O)OC(C)(C)C)cc1. The predicted octanol–water partition coefficient (Wildman–Crippen LogP) is 4.01. The number of nitrogens with one attached hydrogen (secondary N) is 1. The summed E-state index contributed by atoms with van der Waals surface area (Å²) >= 11 is 0. The van der Waals surface area contributed by atoms with Crippen LogP contribution < -0.4 is 10.1 Å². The Morgan fingerprint density at radius 2 is 1.91 bits per heavy atom. The van der Waals surface area contributed by atoms with Gasteiger partial charge in [-0.3, -0.25) is 0 Å². The van der Waals surface area contributed by atoms with E-state index in [4.69, 9.17) is 9.47 Å². The van der Waals surface area contributed by atoms with Gasteiger partial charge in [-0.05, 0) is 56.9 Å². The van der Waals surface area contributed by atoms with E-state index in [-0.39, 0.29) is 6.54 Å². The molecule has 4 nitrogen and oxygen atoms in total. The molecule has 1 aromatic rings. The predicted molar refractivity (Wildman–Crippen MR) is 84.7 cm³/mol. The van der Waals surface area contributed by atoms with E-state index in [1.54, 1.807) is 27.9 Å². The number of aryl methyl sites for hydroxylation is 1. The van der Waals surface area contributed by atoms with Crippen molar-refractivity contribution in [3.63, 3.8) is 0 Å². The minimum absolute atomic E-state index is 0.140. The number of benzene rings is 1. The minimum Gasteiger partial charge on any atom is -0.497 e. The van der Waals surface area contributed by atoms with Crippen molar-refractivity contribution in [1.29, 1.82) is 0 Å². The Kier molecular flexibility index (Phi) is 6.89. The molecule has 1 N–H and O–H groups in total. The van der Waals surface area contributed by atoms with Gasteiger partial charge in [-0.25, -0.2) is 9.18 Å². The number of hydrogen-bond acceptors (Lipinski definition) is 3. The Morgan fingerprint density at radius 1 is 1.27 bits per heavy atom. The van der Waals surface area contributed by atoms with Crippen LogP contribution in [0, 0.1) is 0 Å². The Morgan fingerprint density at radius 3 is 2.41 bits per heavy atom. The molecule has 0 heterocycles. The summed E-state index contributed by atoms with van der Waals surface area (Å²) in [5.74, 6) is 0.789. The van der Waals surface area contributed by atoms with Gasteiger partial charge in [0.05, 0.1) is 13.4 Å². The Bertz CT molecular complexity index is 504. The van der Waals surface area contributed by atoms with E-state index in [2.05, 4.69) is 5.32 Å². The monoisotopic (exact) mass is 309 g/mol. The molecule has 22 heavy (non-hydrogen) atoms. The first-order valence-electron chi connectivity index (χ1n) is 7.22. The van der Waals surface area contributed by atoms with Crippen LogP contribution in [-0.2, 0) is 11.2 Å². The van der Waals surface area contributed by atoms with Gasteiger partial charge in [-0.1, -0.05) is 12.1 Å². The number of hydrogen-bond donors (Lipinski definition) is 1. The van der Waals surface area contributed by atoms with Gasteiger partial charge in [0, 0.05) is 6.54 Å². The van der Waals surface area contributed by atoms with Crippen LogP contribution in [0.25, 0.3) is 0 Å². The summed E-state index contributed by atoms with van der Waals surface area (Å²) in [4.78, 5) is 11.5. The number of carbonyl (C=O) groups excluding carboxylic acids is 1. The van der Waals surface area contributed by atoms with Crippen molar-refractivity contribution in [2.75, 3.05) is 13.7 Å². The van der Waals surface area contributed by atoms with Crippen LogP contribution in [0.3, 0.4) is 0 Å². The van der Waals surface area contributed by atoms with Crippen molar-refractivity contribution < 1.29 is 18.7 Å². The van der Waals surface area contributed by atoms with Crippen LogP contribution in [0.1, 0.15) is 32.8 Å². The zero-order valence-corrected chi connectivity index (χ0v) is 13.6. The summed E-state index contributed by atoms with van der Waals surface area (Å²) in [6.07, 6.45) is 1.21. The lowest BCUT2D eigenvalue weighted by Gasteiger charge is -2.20. The molecule has 0 aliphatic carbocycles. The third-order valence-corrected chi connectivity index (χ3v) is 2.91. The van der Waals surface area contributed by atoms with E-state index in [1.165, 1.54) is 0 Å². The zero-order valence-electron chi connectivity index (χ0n) is 13.6. The van der Waals surface area contributed by atoms with Crippen LogP contribution in [0.4, 0.5) is 9.18 Å². The highest BCUT2D eigenvalue weighted by Gasteiger charge is 2.15. The molecule has 0 radical (unpaired) electrons. The highest BCUT2D eigenvalue weighted by Crippen LogP contribution is 2.15. The second kappa shape index (κ2) is 8.41. The molecule has 122 valence electrons. The topological polar surface area (TPSA) is 47.6 Å². The Balaban J connectivity index is 2.40. The minimum atomic E-state index is -0.563.